The molecule has 0 aromatic carbocycles. The highest BCUT2D eigenvalue weighted by Gasteiger charge is 2.19. The van der Waals surface area contributed by atoms with Crippen LogP contribution >= 0.6 is 0 Å². The average molecular weight is 173 g/mol. The Morgan fingerprint density at radius 1 is 1.33 bits per heavy atom. The molecule has 0 bridgehead atoms. The summed E-state index contributed by atoms with van der Waals surface area (Å²) in [5, 5.41) is 21.4. The second kappa shape index (κ2) is 4.80. The smallest absolute Gasteiger partial charge is 0.0582 e. The Hall–Kier alpha value is -0.120. The molecule has 0 heterocycles. The molecular formula is C9H19NO2. The summed E-state index contributed by atoms with van der Waals surface area (Å²) in [4.78, 5) is 0. The predicted octanol–water partition coefficient (Wildman–Crippen LogP) is 0.260. The zero-order chi connectivity index (χ0) is 8.97. The fraction of sp³-hybridized carbons (Fsp3) is 1.00. The van der Waals surface area contributed by atoms with Gasteiger partial charge in [0, 0.05) is 12.1 Å². The van der Waals surface area contributed by atoms with Crippen LogP contribution in [0.1, 0.15) is 32.6 Å². The molecule has 0 aliphatic heterocycles. The molecule has 72 valence electrons. The van der Waals surface area contributed by atoms with Crippen LogP contribution in [-0.2, 0) is 0 Å². The molecule has 1 rings (SSSR count). The van der Waals surface area contributed by atoms with Crippen LogP contribution in [0.25, 0.3) is 0 Å². The second-order valence-corrected chi connectivity index (χ2v) is 3.76. The molecule has 3 nitrogen and oxygen atoms in total. The SMILES string of the molecule is CC(CO)NC1CCC(O)CC1. The zero-order valence-electron chi connectivity index (χ0n) is 7.66. The van der Waals surface area contributed by atoms with Crippen molar-refractivity contribution in [2.24, 2.45) is 0 Å². The number of nitrogens with one attached hydrogen (secondary N) is 1. The molecule has 12 heavy (non-hydrogen) atoms. The molecule has 0 aromatic heterocycles. The van der Waals surface area contributed by atoms with E-state index in [2.05, 4.69) is 5.32 Å². The lowest BCUT2D eigenvalue weighted by Gasteiger charge is -2.28. The zero-order valence-corrected chi connectivity index (χ0v) is 7.66. The molecule has 0 amide bonds. The van der Waals surface area contributed by atoms with Gasteiger partial charge in [-0.2, -0.15) is 0 Å². The molecule has 0 aromatic rings. The van der Waals surface area contributed by atoms with E-state index in [4.69, 9.17) is 5.11 Å². The van der Waals surface area contributed by atoms with Crippen LogP contribution in [0.3, 0.4) is 0 Å². The summed E-state index contributed by atoms with van der Waals surface area (Å²) in [6.07, 6.45) is 3.77. The Bertz CT molecular complexity index is 122. The summed E-state index contributed by atoms with van der Waals surface area (Å²) in [5.41, 5.74) is 0. The van der Waals surface area contributed by atoms with Crippen molar-refractivity contribution in [3.05, 3.63) is 0 Å². The van der Waals surface area contributed by atoms with Crippen LogP contribution in [0, 0.1) is 0 Å². The lowest BCUT2D eigenvalue weighted by atomic mass is 9.93. The summed E-state index contributed by atoms with van der Waals surface area (Å²) in [5.74, 6) is 0. The fourth-order valence-corrected chi connectivity index (χ4v) is 1.70. The molecule has 0 saturated heterocycles. The quantitative estimate of drug-likeness (QED) is 0.574. The van der Waals surface area contributed by atoms with E-state index in [0.29, 0.717) is 6.04 Å². The molecule has 1 fully saturated rings. The number of aliphatic hydroxyl groups excluding tert-OH is 2. The lowest BCUT2D eigenvalue weighted by molar-refractivity contribution is 0.111. The number of aliphatic hydroxyl groups is 2. The fourth-order valence-electron chi connectivity index (χ4n) is 1.70. The van der Waals surface area contributed by atoms with Gasteiger partial charge in [-0.05, 0) is 32.6 Å². The third-order valence-electron chi connectivity index (χ3n) is 2.49. The maximum absolute atomic E-state index is 9.24. The van der Waals surface area contributed by atoms with Gasteiger partial charge in [0.05, 0.1) is 12.7 Å². The molecule has 0 radical (unpaired) electrons. The highest BCUT2D eigenvalue weighted by Crippen LogP contribution is 2.18. The minimum atomic E-state index is -0.0903. The minimum Gasteiger partial charge on any atom is -0.395 e. The van der Waals surface area contributed by atoms with Crippen molar-refractivity contribution < 1.29 is 10.2 Å². The van der Waals surface area contributed by atoms with Crippen molar-refractivity contribution in [1.82, 2.24) is 5.32 Å². The molecule has 1 aliphatic rings. The van der Waals surface area contributed by atoms with Gasteiger partial charge in [-0.25, -0.2) is 0 Å². The Balaban J connectivity index is 2.17. The Morgan fingerprint density at radius 2 is 1.92 bits per heavy atom. The highest BCUT2D eigenvalue weighted by atomic mass is 16.3. The molecule has 3 N–H and O–H groups in total. The van der Waals surface area contributed by atoms with Crippen LogP contribution in [0.5, 0.6) is 0 Å². The van der Waals surface area contributed by atoms with Gasteiger partial charge in [0.15, 0.2) is 0 Å². The summed E-state index contributed by atoms with van der Waals surface area (Å²) in [6.45, 7) is 2.17. The first-order valence-corrected chi connectivity index (χ1v) is 4.77. The van der Waals surface area contributed by atoms with Crippen molar-refractivity contribution in [3.63, 3.8) is 0 Å². The highest BCUT2D eigenvalue weighted by molar-refractivity contribution is 4.78. The maximum atomic E-state index is 9.24. The average Bonchev–Trinajstić information content (AvgIpc) is 2.09. The van der Waals surface area contributed by atoms with E-state index in [1.165, 1.54) is 0 Å². The van der Waals surface area contributed by atoms with Gasteiger partial charge < -0.3 is 15.5 Å². The van der Waals surface area contributed by atoms with Gasteiger partial charge in [-0.1, -0.05) is 0 Å². The Kier molecular flexibility index (Phi) is 3.98. The predicted molar refractivity (Wildman–Crippen MR) is 47.9 cm³/mol. The Morgan fingerprint density at radius 3 is 2.42 bits per heavy atom. The summed E-state index contributed by atoms with van der Waals surface area (Å²) in [7, 11) is 0. The second-order valence-electron chi connectivity index (χ2n) is 3.76. The van der Waals surface area contributed by atoms with Crippen molar-refractivity contribution in [1.29, 1.82) is 0 Å². The van der Waals surface area contributed by atoms with Crippen molar-refractivity contribution >= 4 is 0 Å². The van der Waals surface area contributed by atoms with Crippen LogP contribution in [0.4, 0.5) is 0 Å². The van der Waals surface area contributed by atoms with E-state index in [1.807, 2.05) is 6.92 Å². The topological polar surface area (TPSA) is 52.5 Å². The van der Waals surface area contributed by atoms with Gasteiger partial charge in [0.1, 0.15) is 0 Å². The van der Waals surface area contributed by atoms with E-state index < -0.39 is 0 Å². The van der Waals surface area contributed by atoms with Crippen LogP contribution in [-0.4, -0.2) is 35.0 Å². The van der Waals surface area contributed by atoms with Gasteiger partial charge in [-0.15, -0.1) is 0 Å². The molecule has 1 saturated carbocycles. The minimum absolute atomic E-state index is 0.0903. The summed E-state index contributed by atoms with van der Waals surface area (Å²) in [6, 6.07) is 0.681. The maximum Gasteiger partial charge on any atom is 0.0582 e. The van der Waals surface area contributed by atoms with Crippen LogP contribution in [0.15, 0.2) is 0 Å². The molecule has 1 atom stereocenters. The van der Waals surface area contributed by atoms with Crippen LogP contribution in [0.2, 0.25) is 0 Å². The molecule has 3 heteroatoms. The van der Waals surface area contributed by atoms with Crippen molar-refractivity contribution in [2.45, 2.75) is 50.8 Å². The van der Waals surface area contributed by atoms with E-state index >= 15 is 0 Å². The molecule has 1 aliphatic carbocycles. The molecular weight excluding hydrogens is 154 g/mol. The number of rotatable bonds is 3. The van der Waals surface area contributed by atoms with E-state index in [-0.39, 0.29) is 18.8 Å². The van der Waals surface area contributed by atoms with Crippen LogP contribution < -0.4 is 5.32 Å². The number of hydrogen-bond acceptors (Lipinski definition) is 3. The first-order chi connectivity index (χ1) is 5.72. The molecule has 1 unspecified atom stereocenters. The third-order valence-corrected chi connectivity index (χ3v) is 2.49. The molecule has 0 spiro atoms. The van der Waals surface area contributed by atoms with Gasteiger partial charge >= 0.3 is 0 Å². The van der Waals surface area contributed by atoms with Crippen molar-refractivity contribution in [3.8, 4) is 0 Å². The summed E-state index contributed by atoms with van der Waals surface area (Å²) < 4.78 is 0. The largest absolute Gasteiger partial charge is 0.395 e. The van der Waals surface area contributed by atoms with E-state index in [0.717, 1.165) is 25.7 Å². The van der Waals surface area contributed by atoms with Gasteiger partial charge in [0.2, 0.25) is 0 Å². The van der Waals surface area contributed by atoms with E-state index in [1.54, 1.807) is 0 Å². The van der Waals surface area contributed by atoms with Gasteiger partial charge in [0.25, 0.3) is 0 Å². The normalized spacial score (nSPS) is 33.2. The first-order valence-electron chi connectivity index (χ1n) is 4.77. The van der Waals surface area contributed by atoms with Gasteiger partial charge in [-0.3, -0.25) is 0 Å². The first kappa shape index (κ1) is 9.96. The number of hydrogen-bond donors (Lipinski definition) is 3. The standard InChI is InChI=1S/C9H19NO2/c1-7(6-11)10-8-2-4-9(12)5-3-8/h7-12H,2-6H2,1H3. The monoisotopic (exact) mass is 173 g/mol. The Labute approximate surface area is 73.8 Å². The van der Waals surface area contributed by atoms with Crippen molar-refractivity contribution in [2.75, 3.05) is 6.61 Å². The third kappa shape index (κ3) is 3.09. The van der Waals surface area contributed by atoms with E-state index in [9.17, 15) is 5.11 Å². The lowest BCUT2D eigenvalue weighted by Crippen LogP contribution is -2.41. The summed E-state index contributed by atoms with van der Waals surface area (Å²) >= 11 is 0.